The Morgan fingerprint density at radius 2 is 0.488 bits per heavy atom. The van der Waals surface area contributed by atoms with Gasteiger partial charge in [-0.1, -0.05) is 41.5 Å². The fourth-order valence-corrected chi connectivity index (χ4v) is 4.52. The lowest BCUT2D eigenvalue weighted by Crippen LogP contribution is -2.37. The predicted octanol–water partition coefficient (Wildman–Crippen LogP) is 11.9. The Morgan fingerprint density at radius 1 is 0.305 bits per heavy atom. The number of hydrogen-bond donors (Lipinski definition) is 0. The van der Waals surface area contributed by atoms with Crippen LogP contribution in [0.1, 0.15) is 141 Å². The molecule has 0 spiro atoms. The maximum absolute atomic E-state index is 13.1. The van der Waals surface area contributed by atoms with Gasteiger partial charge in [0.15, 0.2) is 0 Å². The number of hydrogen-bond acceptors (Lipinski definition) is 16. The highest BCUT2D eigenvalue weighted by molar-refractivity contribution is 5.79. The van der Waals surface area contributed by atoms with Crippen LogP contribution in [0.4, 0.5) is 74.6 Å². The SMILES string of the molecule is CCC(C)(C)C(=O)OCCOC(=O)C(F)(F)CC(C)(F)F.CCC(C)(C)C(=O)OCCOC(=O)C(F)(F)CC(C)(F)F.CCC(C)C(=O)OCCOC(=O)C(F)(F)CC(C)(F)F.CCC(C)C(=O)OCCOC(=O)C(F)(F)CC(F)(F)F. The Morgan fingerprint density at radius 3 is 0.659 bits per heavy atom. The van der Waals surface area contributed by atoms with Crippen LogP contribution in [-0.2, 0) is 76.3 Å². The van der Waals surface area contributed by atoms with E-state index in [4.69, 9.17) is 9.47 Å². The first-order valence-electron chi connectivity index (χ1n) is 24.7. The molecule has 0 fully saturated rings. The molecule has 0 aliphatic heterocycles. The number of carbonyl (C=O) groups excluding carboxylic acids is 8. The largest absolute Gasteiger partial charge is 0.462 e. The average Bonchev–Trinajstić information content (AvgIpc) is 3.30. The molecule has 0 bridgehead atoms. The van der Waals surface area contributed by atoms with Crippen LogP contribution in [-0.4, -0.2) is 148 Å². The van der Waals surface area contributed by atoms with E-state index < -0.39 is 191 Å². The molecule has 0 aromatic heterocycles. The van der Waals surface area contributed by atoms with Gasteiger partial charge in [-0.3, -0.25) is 19.2 Å². The Kier molecular flexibility index (Phi) is 36.1. The summed E-state index contributed by atoms with van der Waals surface area (Å²) in [4.78, 5) is 89.1. The smallest absolute Gasteiger partial charge is 0.395 e. The van der Waals surface area contributed by atoms with Crippen LogP contribution >= 0.6 is 0 Å². The van der Waals surface area contributed by atoms with Gasteiger partial charge in [-0.2, -0.15) is 48.3 Å². The lowest BCUT2D eigenvalue weighted by molar-refractivity contribution is -0.209. The van der Waals surface area contributed by atoms with Gasteiger partial charge in [-0.15, -0.1) is 0 Å². The third kappa shape index (κ3) is 39.9. The summed E-state index contributed by atoms with van der Waals surface area (Å²) in [6, 6.07) is 0. The van der Waals surface area contributed by atoms with Crippen LogP contribution in [0.25, 0.3) is 0 Å². The van der Waals surface area contributed by atoms with Crippen LogP contribution in [0, 0.1) is 22.7 Å². The van der Waals surface area contributed by atoms with Crippen LogP contribution in [0.3, 0.4) is 0 Å². The maximum atomic E-state index is 13.1. The second-order valence-electron chi connectivity index (χ2n) is 19.6. The third-order valence-corrected chi connectivity index (χ3v) is 10.3. The highest BCUT2D eigenvalue weighted by atomic mass is 19.4. The molecule has 0 rings (SSSR count). The lowest BCUT2D eigenvalue weighted by Gasteiger charge is -2.21. The van der Waals surface area contributed by atoms with E-state index in [0.717, 1.165) is 0 Å². The Bertz CT molecular complexity index is 1840. The van der Waals surface area contributed by atoms with Crippen LogP contribution in [0.2, 0.25) is 0 Å². The molecule has 0 radical (unpaired) electrons. The van der Waals surface area contributed by atoms with Crippen molar-refractivity contribution in [1.82, 2.24) is 0 Å². The first kappa shape index (κ1) is 83.0. The summed E-state index contributed by atoms with van der Waals surface area (Å²) in [7, 11) is 0. The average molecular weight is 1240 g/mol. The number of esters is 8. The summed E-state index contributed by atoms with van der Waals surface area (Å²) in [6.07, 6.45) is -11.5. The topological polar surface area (TPSA) is 210 Å². The molecule has 0 heterocycles. The van der Waals surface area contributed by atoms with Gasteiger partial charge < -0.3 is 37.9 Å². The van der Waals surface area contributed by atoms with E-state index in [0.29, 0.717) is 25.7 Å². The monoisotopic (exact) mass is 1240 g/mol. The molecule has 82 heavy (non-hydrogen) atoms. The first-order chi connectivity index (χ1) is 36.6. The molecule has 33 heteroatoms. The predicted molar refractivity (Wildman–Crippen MR) is 251 cm³/mol. The molecule has 0 saturated heterocycles. The molecule has 0 aromatic carbocycles. The molecule has 484 valence electrons. The molecule has 0 aliphatic carbocycles. The molecule has 0 saturated carbocycles. The van der Waals surface area contributed by atoms with Crippen molar-refractivity contribution in [3.8, 4) is 0 Å². The van der Waals surface area contributed by atoms with E-state index in [9.17, 15) is 113 Å². The van der Waals surface area contributed by atoms with Gasteiger partial charge in [0.2, 0.25) is 0 Å². The second kappa shape index (κ2) is 35.6. The van der Waals surface area contributed by atoms with E-state index in [1.807, 2.05) is 0 Å². The van der Waals surface area contributed by atoms with Gasteiger partial charge in [-0.05, 0) is 74.1 Å². The van der Waals surface area contributed by atoms with Gasteiger partial charge >= 0.3 is 77.6 Å². The van der Waals surface area contributed by atoms with E-state index >= 15 is 0 Å². The zero-order valence-corrected chi connectivity index (χ0v) is 47.4. The second-order valence-corrected chi connectivity index (χ2v) is 19.6. The fourth-order valence-electron chi connectivity index (χ4n) is 4.52. The Labute approximate surface area is 462 Å². The molecular formula is C49H73F17O16. The molecule has 0 amide bonds. The minimum Gasteiger partial charge on any atom is -0.462 e. The Balaban J connectivity index is -0.000000495. The molecule has 0 aliphatic rings. The van der Waals surface area contributed by atoms with Crippen molar-refractivity contribution in [2.45, 2.75) is 189 Å². The molecule has 0 aromatic rings. The normalized spacial score (nSPS) is 13.3. The molecule has 2 atom stereocenters. The highest BCUT2D eigenvalue weighted by Gasteiger charge is 2.52. The zero-order valence-electron chi connectivity index (χ0n) is 47.4. The Hall–Kier alpha value is -5.43. The summed E-state index contributed by atoms with van der Waals surface area (Å²) >= 11 is 0. The van der Waals surface area contributed by atoms with E-state index in [2.05, 4.69) is 28.4 Å². The maximum Gasteiger partial charge on any atom is 0.395 e. The van der Waals surface area contributed by atoms with E-state index in [1.165, 1.54) is 0 Å². The number of ether oxygens (including phenoxy) is 8. The number of halogens is 17. The van der Waals surface area contributed by atoms with Crippen molar-refractivity contribution in [3.05, 3.63) is 0 Å². The zero-order chi connectivity index (χ0) is 65.7. The van der Waals surface area contributed by atoms with Crippen molar-refractivity contribution >= 4 is 47.8 Å². The molecular weight excluding hydrogens is 1170 g/mol. The minimum absolute atomic E-state index is 0.280. The summed E-state index contributed by atoms with van der Waals surface area (Å²) in [5, 5.41) is 0. The van der Waals surface area contributed by atoms with Gasteiger partial charge in [-0.25, -0.2) is 45.5 Å². The summed E-state index contributed by atoms with van der Waals surface area (Å²) in [6.45, 7) is 13.3. The molecule has 0 N–H and O–H groups in total. The number of rotatable bonds is 31. The van der Waals surface area contributed by atoms with Crippen molar-refractivity contribution in [1.29, 1.82) is 0 Å². The van der Waals surface area contributed by atoms with Crippen molar-refractivity contribution in [2.24, 2.45) is 22.7 Å². The van der Waals surface area contributed by atoms with Gasteiger partial charge in [0, 0.05) is 0 Å². The van der Waals surface area contributed by atoms with E-state index in [-0.39, 0.29) is 26.7 Å². The summed E-state index contributed by atoms with van der Waals surface area (Å²) in [5.41, 5.74) is -1.48. The van der Waals surface area contributed by atoms with Gasteiger partial charge in [0.05, 0.1) is 41.9 Å². The first-order valence-corrected chi connectivity index (χ1v) is 24.7. The lowest BCUT2D eigenvalue weighted by atomic mass is 9.91. The van der Waals surface area contributed by atoms with Gasteiger partial charge in [0.1, 0.15) is 59.3 Å². The van der Waals surface area contributed by atoms with Crippen LogP contribution in [0.5, 0.6) is 0 Å². The van der Waals surface area contributed by atoms with Crippen molar-refractivity contribution in [3.63, 3.8) is 0 Å². The van der Waals surface area contributed by atoms with E-state index in [1.54, 1.807) is 69.2 Å². The van der Waals surface area contributed by atoms with Crippen molar-refractivity contribution in [2.75, 3.05) is 52.9 Å². The quantitative estimate of drug-likeness (QED) is 0.0273. The fraction of sp³-hybridized carbons (Fsp3) is 0.837. The summed E-state index contributed by atoms with van der Waals surface area (Å²) < 4.78 is 249. The van der Waals surface area contributed by atoms with Crippen LogP contribution in [0.15, 0.2) is 0 Å². The van der Waals surface area contributed by atoms with Crippen LogP contribution < -0.4 is 0 Å². The molecule has 2 unspecified atom stereocenters. The van der Waals surface area contributed by atoms with Gasteiger partial charge in [0.25, 0.3) is 17.8 Å². The summed E-state index contributed by atoms with van der Waals surface area (Å²) in [5.74, 6) is -40.1. The number of alkyl halides is 17. The minimum atomic E-state index is -5.19. The molecule has 16 nitrogen and oxygen atoms in total. The third-order valence-electron chi connectivity index (χ3n) is 10.3. The standard InChI is InChI=1S/2C13H20F4O4.C12H18F4O4.C11H15F5O4/c2*1-5-11(2,3)9(18)20-6-7-21-10(19)13(16,17)8-12(4,14)15;1-4-8(2)9(17)19-5-6-20-10(18)12(15,16)7-11(3,13)14;1-3-7(2)8(17)19-4-5-20-9(18)10(12,13)6-11(14,15)16/h2*5-8H2,1-4H3;8H,4-7H2,1-3H3;7H,3-6H2,1-2H3. The van der Waals surface area contributed by atoms with Crippen molar-refractivity contribution < 1.29 is 151 Å². The number of carbonyl (C=O) groups is 8. The highest BCUT2D eigenvalue weighted by Crippen LogP contribution is 2.35.